The van der Waals surface area contributed by atoms with E-state index in [1.807, 2.05) is 54.7 Å². The van der Waals surface area contributed by atoms with Crippen LogP contribution in [0, 0.1) is 0 Å². The van der Waals surface area contributed by atoms with E-state index in [0.717, 1.165) is 22.2 Å². The van der Waals surface area contributed by atoms with Gasteiger partial charge in [-0.3, -0.25) is 14.5 Å². The third kappa shape index (κ3) is 4.69. The summed E-state index contributed by atoms with van der Waals surface area (Å²) in [6.07, 6.45) is 2.78. The first-order valence-corrected chi connectivity index (χ1v) is 10.2. The lowest BCUT2D eigenvalue weighted by molar-refractivity contribution is -0.127. The summed E-state index contributed by atoms with van der Waals surface area (Å²) >= 11 is 0. The first-order chi connectivity index (χ1) is 15.0. The Labute approximate surface area is 179 Å². The number of aromatic amines is 1. The van der Waals surface area contributed by atoms with Gasteiger partial charge in [-0.2, -0.15) is 0 Å². The van der Waals surface area contributed by atoms with Crippen molar-refractivity contribution in [1.82, 2.24) is 15.2 Å². The molecular formula is C23H24N4O4. The predicted octanol–water partition coefficient (Wildman–Crippen LogP) is 3.06. The number of ether oxygens (including phenoxy) is 1. The number of nitrogens with one attached hydrogen (secondary N) is 3. The molecule has 0 saturated carbocycles. The molecule has 1 saturated heterocycles. The van der Waals surface area contributed by atoms with Gasteiger partial charge in [-0.25, -0.2) is 4.79 Å². The van der Waals surface area contributed by atoms with Crippen LogP contribution in [0.4, 0.5) is 10.5 Å². The number of amides is 4. The van der Waals surface area contributed by atoms with Crippen molar-refractivity contribution in [3.05, 3.63) is 60.3 Å². The number of aromatic nitrogens is 1. The summed E-state index contributed by atoms with van der Waals surface area (Å²) in [7, 11) is 1.60. The van der Waals surface area contributed by atoms with E-state index in [9.17, 15) is 14.4 Å². The first kappa shape index (κ1) is 20.5. The Kier molecular flexibility index (Phi) is 5.88. The van der Waals surface area contributed by atoms with E-state index in [1.54, 1.807) is 7.11 Å². The molecule has 3 aromatic rings. The topological polar surface area (TPSA) is 104 Å². The standard InChI is InChI=1S/C23H24N4O4/c1-31-18-5-2-15(3-6-18)11-13-27-22(29)20(26-23(27)30)8-9-21(28)25-17-4-7-19-16(14-17)10-12-24-19/h2-7,10,12,14,20,24H,8-9,11,13H2,1H3,(H,25,28)(H,26,30)/t20-/m1/s1. The number of fused-ring (bicyclic) bond motifs is 1. The van der Waals surface area contributed by atoms with Crippen LogP contribution in [0.2, 0.25) is 0 Å². The van der Waals surface area contributed by atoms with Crippen LogP contribution in [0.25, 0.3) is 10.9 Å². The Morgan fingerprint density at radius 3 is 2.71 bits per heavy atom. The lowest BCUT2D eigenvalue weighted by Crippen LogP contribution is -2.33. The van der Waals surface area contributed by atoms with E-state index in [0.29, 0.717) is 12.1 Å². The summed E-state index contributed by atoms with van der Waals surface area (Å²) in [6, 6.07) is 13.9. The maximum atomic E-state index is 12.6. The summed E-state index contributed by atoms with van der Waals surface area (Å²) in [6.45, 7) is 0.288. The quantitative estimate of drug-likeness (QED) is 0.487. The molecule has 4 rings (SSSR count). The minimum Gasteiger partial charge on any atom is -0.497 e. The third-order valence-electron chi connectivity index (χ3n) is 5.39. The fraction of sp³-hybridized carbons (Fsp3) is 0.261. The SMILES string of the molecule is COc1ccc(CCN2C(=O)N[C@H](CCC(=O)Nc3ccc4[nH]ccc4c3)C2=O)cc1. The average Bonchev–Trinajstić information content (AvgIpc) is 3.35. The minimum atomic E-state index is -0.679. The second kappa shape index (κ2) is 8.91. The summed E-state index contributed by atoms with van der Waals surface area (Å²) in [5.41, 5.74) is 2.69. The molecule has 1 aromatic heterocycles. The summed E-state index contributed by atoms with van der Waals surface area (Å²) in [4.78, 5) is 41.5. The number of benzene rings is 2. The number of carbonyl (C=O) groups is 3. The van der Waals surface area contributed by atoms with Crippen LogP contribution in [0.5, 0.6) is 5.75 Å². The van der Waals surface area contributed by atoms with Crippen molar-refractivity contribution >= 4 is 34.4 Å². The lowest BCUT2D eigenvalue weighted by atomic mass is 10.1. The zero-order valence-corrected chi connectivity index (χ0v) is 17.2. The molecule has 0 bridgehead atoms. The lowest BCUT2D eigenvalue weighted by Gasteiger charge is -2.13. The molecule has 0 aliphatic carbocycles. The van der Waals surface area contributed by atoms with Crippen molar-refractivity contribution in [1.29, 1.82) is 0 Å². The Morgan fingerprint density at radius 2 is 1.94 bits per heavy atom. The van der Waals surface area contributed by atoms with Crippen LogP contribution in [0.1, 0.15) is 18.4 Å². The van der Waals surface area contributed by atoms with Gasteiger partial charge in [0.25, 0.3) is 5.91 Å². The van der Waals surface area contributed by atoms with Crippen molar-refractivity contribution in [2.45, 2.75) is 25.3 Å². The number of hydrogen-bond donors (Lipinski definition) is 3. The second-order valence-corrected chi connectivity index (χ2v) is 7.46. The number of rotatable bonds is 8. The molecule has 1 fully saturated rings. The Morgan fingerprint density at radius 1 is 1.13 bits per heavy atom. The van der Waals surface area contributed by atoms with Crippen LogP contribution in [-0.2, 0) is 16.0 Å². The van der Waals surface area contributed by atoms with Gasteiger partial charge in [0.1, 0.15) is 11.8 Å². The molecule has 0 radical (unpaired) electrons. The number of carbonyl (C=O) groups excluding carboxylic acids is 3. The largest absolute Gasteiger partial charge is 0.497 e. The molecule has 1 atom stereocenters. The molecule has 3 N–H and O–H groups in total. The summed E-state index contributed by atoms with van der Waals surface area (Å²) in [5.74, 6) is 0.263. The molecule has 2 heterocycles. The second-order valence-electron chi connectivity index (χ2n) is 7.46. The highest BCUT2D eigenvalue weighted by Gasteiger charge is 2.37. The number of H-pyrrole nitrogens is 1. The van der Waals surface area contributed by atoms with E-state index in [1.165, 1.54) is 4.90 Å². The number of anilines is 1. The van der Waals surface area contributed by atoms with E-state index in [4.69, 9.17) is 4.74 Å². The Balaban J connectivity index is 1.27. The maximum Gasteiger partial charge on any atom is 0.324 e. The zero-order valence-electron chi connectivity index (χ0n) is 17.2. The van der Waals surface area contributed by atoms with Crippen LogP contribution >= 0.6 is 0 Å². The Hall–Kier alpha value is -3.81. The number of urea groups is 1. The van der Waals surface area contributed by atoms with Gasteiger partial charge >= 0.3 is 6.03 Å². The van der Waals surface area contributed by atoms with Gasteiger partial charge < -0.3 is 20.4 Å². The summed E-state index contributed by atoms with van der Waals surface area (Å²) < 4.78 is 5.13. The van der Waals surface area contributed by atoms with Crippen LogP contribution < -0.4 is 15.4 Å². The minimum absolute atomic E-state index is 0.133. The van der Waals surface area contributed by atoms with Crippen molar-refractivity contribution in [3.8, 4) is 5.75 Å². The highest BCUT2D eigenvalue weighted by atomic mass is 16.5. The molecule has 0 unspecified atom stereocenters. The average molecular weight is 420 g/mol. The molecule has 2 aromatic carbocycles. The molecule has 0 spiro atoms. The van der Waals surface area contributed by atoms with Crippen LogP contribution in [0.3, 0.4) is 0 Å². The number of nitrogens with zero attached hydrogens (tertiary/aromatic N) is 1. The van der Waals surface area contributed by atoms with Gasteiger partial charge in [0.15, 0.2) is 0 Å². The monoisotopic (exact) mass is 420 g/mol. The van der Waals surface area contributed by atoms with Gasteiger partial charge in [-0.05, 0) is 54.8 Å². The molecule has 4 amide bonds. The normalized spacial score (nSPS) is 15.9. The molecule has 1 aliphatic heterocycles. The van der Waals surface area contributed by atoms with E-state index >= 15 is 0 Å². The van der Waals surface area contributed by atoms with Gasteiger partial charge in [-0.1, -0.05) is 12.1 Å². The highest BCUT2D eigenvalue weighted by Crippen LogP contribution is 2.19. The number of methoxy groups -OCH3 is 1. The van der Waals surface area contributed by atoms with Crippen molar-refractivity contribution < 1.29 is 19.1 Å². The van der Waals surface area contributed by atoms with E-state index < -0.39 is 12.1 Å². The fourth-order valence-corrected chi connectivity index (χ4v) is 3.65. The zero-order chi connectivity index (χ0) is 21.8. The molecule has 1 aliphatic rings. The molecule has 160 valence electrons. The first-order valence-electron chi connectivity index (χ1n) is 10.2. The maximum absolute atomic E-state index is 12.6. The van der Waals surface area contributed by atoms with Gasteiger partial charge in [-0.15, -0.1) is 0 Å². The number of hydrogen-bond acceptors (Lipinski definition) is 4. The molecule has 8 nitrogen and oxygen atoms in total. The molecular weight excluding hydrogens is 396 g/mol. The van der Waals surface area contributed by atoms with Crippen LogP contribution in [-0.4, -0.2) is 47.4 Å². The van der Waals surface area contributed by atoms with Gasteiger partial charge in [0, 0.05) is 35.8 Å². The van der Waals surface area contributed by atoms with Crippen molar-refractivity contribution in [2.24, 2.45) is 0 Å². The van der Waals surface area contributed by atoms with E-state index in [2.05, 4.69) is 15.6 Å². The van der Waals surface area contributed by atoms with Crippen molar-refractivity contribution in [3.63, 3.8) is 0 Å². The van der Waals surface area contributed by atoms with Gasteiger partial charge in [0.05, 0.1) is 7.11 Å². The highest BCUT2D eigenvalue weighted by molar-refractivity contribution is 6.04. The van der Waals surface area contributed by atoms with E-state index in [-0.39, 0.29) is 31.2 Å². The van der Waals surface area contributed by atoms with Gasteiger partial charge in [0.2, 0.25) is 5.91 Å². The summed E-state index contributed by atoms with van der Waals surface area (Å²) in [5, 5.41) is 6.53. The molecule has 31 heavy (non-hydrogen) atoms. The fourth-order valence-electron chi connectivity index (χ4n) is 3.65. The smallest absolute Gasteiger partial charge is 0.324 e. The number of imide groups is 1. The van der Waals surface area contributed by atoms with Crippen molar-refractivity contribution in [2.75, 3.05) is 19.0 Å². The Bertz CT molecular complexity index is 1110. The molecule has 8 heteroatoms. The van der Waals surface area contributed by atoms with Crippen LogP contribution in [0.15, 0.2) is 54.7 Å². The predicted molar refractivity (Wildman–Crippen MR) is 117 cm³/mol. The third-order valence-corrected chi connectivity index (χ3v) is 5.39.